The van der Waals surface area contributed by atoms with Gasteiger partial charge in [-0.15, -0.1) is 0 Å². The van der Waals surface area contributed by atoms with E-state index in [0.29, 0.717) is 5.69 Å². The van der Waals surface area contributed by atoms with Gasteiger partial charge in [0.15, 0.2) is 6.61 Å². The number of rotatable bonds is 5. The van der Waals surface area contributed by atoms with Crippen molar-refractivity contribution in [2.75, 3.05) is 6.61 Å². The molecule has 0 spiro atoms. The van der Waals surface area contributed by atoms with Gasteiger partial charge in [0.1, 0.15) is 5.69 Å². The minimum Gasteiger partial charge on any atom is -0.451 e. The minimum atomic E-state index is -0.471. The molecule has 1 aromatic heterocycles. The van der Waals surface area contributed by atoms with Gasteiger partial charge in [-0.1, -0.05) is 0 Å². The van der Waals surface area contributed by atoms with Crippen LogP contribution in [0.4, 0.5) is 0 Å². The molecule has 0 unspecified atom stereocenters. The van der Waals surface area contributed by atoms with Crippen LogP contribution in [0.3, 0.4) is 0 Å². The first-order valence-corrected chi connectivity index (χ1v) is 6.86. The second-order valence-electron chi connectivity index (χ2n) is 5.48. The number of hydrogen-bond acceptors (Lipinski definition) is 3. The Bertz CT molecular complexity index is 481. The summed E-state index contributed by atoms with van der Waals surface area (Å²) in [5.41, 5.74) is 1.42. The van der Waals surface area contributed by atoms with Gasteiger partial charge in [0.2, 0.25) is 0 Å². The van der Waals surface area contributed by atoms with Crippen LogP contribution in [-0.2, 0) is 16.6 Å². The van der Waals surface area contributed by atoms with E-state index < -0.39 is 5.97 Å². The van der Waals surface area contributed by atoms with Crippen molar-refractivity contribution in [2.45, 2.75) is 46.7 Å². The Morgan fingerprint density at radius 3 is 2.15 bits per heavy atom. The van der Waals surface area contributed by atoms with Gasteiger partial charge in [-0.2, -0.15) is 0 Å². The molecule has 112 valence electrons. The van der Waals surface area contributed by atoms with Crippen molar-refractivity contribution in [1.82, 2.24) is 9.47 Å². The molecule has 0 radical (unpaired) electrons. The van der Waals surface area contributed by atoms with Crippen LogP contribution in [0.1, 0.15) is 43.9 Å². The summed E-state index contributed by atoms with van der Waals surface area (Å²) in [6, 6.07) is 3.70. The molecule has 0 bridgehead atoms. The first-order valence-electron chi connectivity index (χ1n) is 6.86. The molecule has 1 rings (SSSR count). The lowest BCUT2D eigenvalue weighted by Crippen LogP contribution is -2.44. The summed E-state index contributed by atoms with van der Waals surface area (Å²) >= 11 is 0. The van der Waals surface area contributed by atoms with Gasteiger partial charge in [-0.05, 0) is 46.8 Å². The maximum absolute atomic E-state index is 12.1. The van der Waals surface area contributed by atoms with E-state index in [2.05, 4.69) is 0 Å². The summed E-state index contributed by atoms with van der Waals surface area (Å²) in [7, 11) is 1.79. The van der Waals surface area contributed by atoms with Crippen molar-refractivity contribution in [1.29, 1.82) is 0 Å². The Morgan fingerprint density at radius 2 is 1.75 bits per heavy atom. The number of esters is 1. The fourth-order valence-corrected chi connectivity index (χ4v) is 2.27. The largest absolute Gasteiger partial charge is 0.451 e. The summed E-state index contributed by atoms with van der Waals surface area (Å²) in [6.45, 7) is 9.46. The maximum Gasteiger partial charge on any atom is 0.355 e. The highest BCUT2D eigenvalue weighted by atomic mass is 16.5. The third-order valence-electron chi connectivity index (χ3n) is 3.31. The van der Waals surface area contributed by atoms with Crippen LogP contribution in [0.2, 0.25) is 0 Å². The highest BCUT2D eigenvalue weighted by molar-refractivity contribution is 5.90. The van der Waals surface area contributed by atoms with E-state index in [9.17, 15) is 9.59 Å². The molecule has 5 heteroatoms. The summed E-state index contributed by atoms with van der Waals surface area (Å²) in [5.74, 6) is -0.643. The molecule has 0 saturated carbocycles. The van der Waals surface area contributed by atoms with Crippen LogP contribution in [-0.4, -0.2) is 40.0 Å². The smallest absolute Gasteiger partial charge is 0.355 e. The zero-order valence-electron chi connectivity index (χ0n) is 13.1. The van der Waals surface area contributed by atoms with Crippen LogP contribution in [0.5, 0.6) is 0 Å². The second-order valence-corrected chi connectivity index (χ2v) is 5.48. The van der Waals surface area contributed by atoms with Gasteiger partial charge in [0, 0.05) is 24.8 Å². The van der Waals surface area contributed by atoms with E-state index in [-0.39, 0.29) is 24.6 Å². The molecule has 0 aromatic carbocycles. The monoisotopic (exact) mass is 280 g/mol. The molecule has 1 amide bonds. The predicted octanol–water partition coefficient (Wildman–Crippen LogP) is 2.14. The van der Waals surface area contributed by atoms with Crippen LogP contribution in [0, 0.1) is 6.92 Å². The van der Waals surface area contributed by atoms with Crippen molar-refractivity contribution in [3.8, 4) is 0 Å². The Kier molecular flexibility index (Phi) is 5.36. The molecule has 1 heterocycles. The first kappa shape index (κ1) is 16.3. The molecule has 0 saturated heterocycles. The van der Waals surface area contributed by atoms with Crippen LogP contribution in [0.15, 0.2) is 12.1 Å². The SMILES string of the molecule is Cc1ccc(C(=O)OCC(=O)N(C(C)C)C(C)C)n1C. The number of aromatic nitrogens is 1. The van der Waals surface area contributed by atoms with E-state index in [1.807, 2.05) is 40.7 Å². The number of carbonyl (C=O) groups excluding carboxylic acids is 2. The van der Waals surface area contributed by atoms with Crippen LogP contribution >= 0.6 is 0 Å². The van der Waals surface area contributed by atoms with Gasteiger partial charge >= 0.3 is 5.97 Å². The third kappa shape index (κ3) is 3.62. The number of nitrogens with zero attached hydrogens (tertiary/aromatic N) is 2. The van der Waals surface area contributed by atoms with Crippen molar-refractivity contribution < 1.29 is 14.3 Å². The van der Waals surface area contributed by atoms with Crippen LogP contribution in [0.25, 0.3) is 0 Å². The van der Waals surface area contributed by atoms with Gasteiger partial charge in [-0.3, -0.25) is 4.79 Å². The van der Waals surface area contributed by atoms with Gasteiger partial charge in [-0.25, -0.2) is 4.79 Å². The molecule has 0 aliphatic rings. The Labute approximate surface area is 120 Å². The average molecular weight is 280 g/mol. The Morgan fingerprint density at radius 1 is 1.20 bits per heavy atom. The third-order valence-corrected chi connectivity index (χ3v) is 3.31. The lowest BCUT2D eigenvalue weighted by molar-refractivity contribution is -0.138. The first-order chi connectivity index (χ1) is 9.25. The lowest BCUT2D eigenvalue weighted by Gasteiger charge is -2.30. The van der Waals surface area contributed by atoms with Crippen molar-refractivity contribution in [3.05, 3.63) is 23.5 Å². The minimum absolute atomic E-state index is 0.0819. The van der Waals surface area contributed by atoms with E-state index in [4.69, 9.17) is 4.74 Å². The maximum atomic E-state index is 12.1. The van der Waals surface area contributed by atoms with Gasteiger partial charge in [0.05, 0.1) is 0 Å². The van der Waals surface area contributed by atoms with Gasteiger partial charge in [0.25, 0.3) is 5.91 Å². The molecule has 0 fully saturated rings. The molecular formula is C15H24N2O3. The number of aryl methyl sites for hydroxylation is 1. The summed E-state index contributed by atoms with van der Waals surface area (Å²) < 4.78 is 6.86. The fourth-order valence-electron chi connectivity index (χ4n) is 2.27. The van der Waals surface area contributed by atoms with E-state index in [1.165, 1.54) is 0 Å². The standard InChI is InChI=1S/C15H24N2O3/c1-10(2)17(11(3)4)14(18)9-20-15(19)13-8-7-12(5)16(13)6/h7-8,10-11H,9H2,1-6H3. The molecule has 1 aromatic rings. The molecule has 0 N–H and O–H groups in total. The summed E-state index contributed by atoms with van der Waals surface area (Å²) in [6.07, 6.45) is 0. The highest BCUT2D eigenvalue weighted by Gasteiger charge is 2.22. The summed E-state index contributed by atoms with van der Waals surface area (Å²) in [4.78, 5) is 25.7. The quantitative estimate of drug-likeness (QED) is 0.776. The zero-order valence-corrected chi connectivity index (χ0v) is 13.1. The molecule has 5 nitrogen and oxygen atoms in total. The fraction of sp³-hybridized carbons (Fsp3) is 0.600. The second kappa shape index (κ2) is 6.59. The van der Waals surface area contributed by atoms with Gasteiger partial charge < -0.3 is 14.2 Å². The average Bonchev–Trinajstić information content (AvgIpc) is 2.66. The molecule has 0 aliphatic heterocycles. The van der Waals surface area contributed by atoms with E-state index in [1.54, 1.807) is 22.6 Å². The topological polar surface area (TPSA) is 51.5 Å². The van der Waals surface area contributed by atoms with Crippen LogP contribution < -0.4 is 0 Å². The Hall–Kier alpha value is -1.78. The lowest BCUT2D eigenvalue weighted by atomic mass is 10.2. The van der Waals surface area contributed by atoms with Crippen molar-refractivity contribution in [2.24, 2.45) is 7.05 Å². The number of hydrogen-bond donors (Lipinski definition) is 0. The highest BCUT2D eigenvalue weighted by Crippen LogP contribution is 2.09. The molecule has 20 heavy (non-hydrogen) atoms. The van der Waals surface area contributed by atoms with Crippen molar-refractivity contribution in [3.63, 3.8) is 0 Å². The normalized spacial score (nSPS) is 11.0. The summed E-state index contributed by atoms with van der Waals surface area (Å²) in [5, 5.41) is 0. The molecule has 0 atom stereocenters. The van der Waals surface area contributed by atoms with E-state index >= 15 is 0 Å². The Balaban J connectivity index is 2.65. The number of amides is 1. The molecule has 0 aliphatic carbocycles. The number of carbonyl (C=O) groups is 2. The van der Waals surface area contributed by atoms with E-state index in [0.717, 1.165) is 5.69 Å². The predicted molar refractivity (Wildman–Crippen MR) is 77.6 cm³/mol. The number of ether oxygens (including phenoxy) is 1. The zero-order chi connectivity index (χ0) is 15.4. The molecular weight excluding hydrogens is 256 g/mol. The van der Waals surface area contributed by atoms with Crippen molar-refractivity contribution >= 4 is 11.9 Å².